The number of aryl methyl sites for hydroxylation is 2. The zero-order valence-corrected chi connectivity index (χ0v) is 19.1. The van der Waals surface area contributed by atoms with Crippen LogP contribution in [0.5, 0.6) is 11.8 Å². The van der Waals surface area contributed by atoms with Gasteiger partial charge in [-0.1, -0.05) is 43.9 Å². The maximum absolute atomic E-state index is 12.8. The van der Waals surface area contributed by atoms with Crippen LogP contribution in [0.2, 0.25) is 0 Å². The van der Waals surface area contributed by atoms with Gasteiger partial charge in [-0.25, -0.2) is 4.79 Å². The van der Waals surface area contributed by atoms with Crippen molar-refractivity contribution in [1.82, 2.24) is 19.1 Å². The van der Waals surface area contributed by atoms with Crippen molar-refractivity contribution in [3.63, 3.8) is 0 Å². The van der Waals surface area contributed by atoms with Crippen molar-refractivity contribution >= 4 is 11.0 Å². The van der Waals surface area contributed by atoms with Gasteiger partial charge in [-0.05, 0) is 30.9 Å². The van der Waals surface area contributed by atoms with Gasteiger partial charge < -0.3 is 9.47 Å². The van der Waals surface area contributed by atoms with E-state index in [-0.39, 0.29) is 23.7 Å². The van der Waals surface area contributed by atoms with Crippen LogP contribution in [0.15, 0.2) is 38.6 Å². The molecule has 9 nitrogen and oxygen atoms in total. The molecule has 1 aromatic carbocycles. The van der Waals surface area contributed by atoms with Gasteiger partial charge in [0.05, 0.1) is 13.2 Å². The van der Waals surface area contributed by atoms with Gasteiger partial charge in [0, 0.05) is 20.0 Å². The Hall–Kier alpha value is -3.36. The minimum atomic E-state index is -0.606. The number of nitrogens with zero attached hydrogens (tertiary/aromatic N) is 3. The minimum absolute atomic E-state index is 0.0105. The van der Waals surface area contributed by atoms with Crippen molar-refractivity contribution < 1.29 is 9.47 Å². The maximum atomic E-state index is 12.8. The lowest BCUT2D eigenvalue weighted by molar-refractivity contribution is 0.235. The molecular weight excluding hydrogens is 424 g/mol. The molecule has 2 aromatic heterocycles. The summed E-state index contributed by atoms with van der Waals surface area (Å²) in [5.41, 5.74) is -0.651. The molecule has 0 atom stereocenters. The van der Waals surface area contributed by atoms with Crippen molar-refractivity contribution in [2.45, 2.75) is 52.0 Å². The van der Waals surface area contributed by atoms with E-state index >= 15 is 0 Å². The summed E-state index contributed by atoms with van der Waals surface area (Å²) in [5, 5.41) is 0. The SMILES string of the molecule is Cc1ccccc1OCCCOc1nc2c(=O)n(C)c(=O)n(CCC3CCCC3)c2c(=O)[nH]1. The van der Waals surface area contributed by atoms with Crippen molar-refractivity contribution in [1.29, 1.82) is 0 Å². The van der Waals surface area contributed by atoms with E-state index in [4.69, 9.17) is 9.47 Å². The number of benzene rings is 1. The molecule has 9 heteroatoms. The average Bonchev–Trinajstić information content (AvgIpc) is 3.32. The molecule has 0 aliphatic heterocycles. The molecule has 0 unspecified atom stereocenters. The molecule has 2 heterocycles. The first-order valence-electron chi connectivity index (χ1n) is 11.5. The third kappa shape index (κ3) is 5.02. The molecule has 1 aliphatic carbocycles. The number of para-hydroxylation sites is 1. The number of aromatic nitrogens is 4. The molecule has 1 saturated carbocycles. The van der Waals surface area contributed by atoms with E-state index in [1.54, 1.807) is 0 Å². The van der Waals surface area contributed by atoms with Crippen molar-refractivity contribution in [3.05, 3.63) is 61.0 Å². The largest absolute Gasteiger partial charge is 0.493 e. The topological polar surface area (TPSA) is 108 Å². The van der Waals surface area contributed by atoms with Gasteiger partial charge in [0.25, 0.3) is 17.1 Å². The molecule has 1 fully saturated rings. The molecule has 0 bridgehead atoms. The number of ether oxygens (including phenoxy) is 2. The number of H-pyrrole nitrogens is 1. The molecule has 1 N–H and O–H groups in total. The van der Waals surface area contributed by atoms with E-state index < -0.39 is 16.8 Å². The molecule has 33 heavy (non-hydrogen) atoms. The second kappa shape index (κ2) is 10.1. The zero-order valence-electron chi connectivity index (χ0n) is 19.1. The van der Waals surface area contributed by atoms with Crippen LogP contribution < -0.4 is 26.3 Å². The van der Waals surface area contributed by atoms with Gasteiger partial charge in [-0.3, -0.25) is 23.7 Å². The summed E-state index contributed by atoms with van der Waals surface area (Å²) in [4.78, 5) is 45.1. The van der Waals surface area contributed by atoms with Crippen LogP contribution in [0, 0.1) is 12.8 Å². The molecule has 3 aromatic rings. The smallest absolute Gasteiger partial charge is 0.331 e. The highest BCUT2D eigenvalue weighted by molar-refractivity contribution is 5.72. The molecule has 176 valence electrons. The highest BCUT2D eigenvalue weighted by atomic mass is 16.5. The maximum Gasteiger partial charge on any atom is 0.331 e. The summed E-state index contributed by atoms with van der Waals surface area (Å²) in [6, 6.07) is 7.70. The summed E-state index contributed by atoms with van der Waals surface area (Å²) < 4.78 is 13.7. The van der Waals surface area contributed by atoms with Crippen LogP contribution in [0.3, 0.4) is 0 Å². The predicted octanol–water partition coefficient (Wildman–Crippen LogP) is 2.52. The molecule has 1 aliphatic rings. The quantitative estimate of drug-likeness (QED) is 0.498. The van der Waals surface area contributed by atoms with Crippen LogP contribution in [0.4, 0.5) is 0 Å². The van der Waals surface area contributed by atoms with E-state index in [0.29, 0.717) is 25.5 Å². The summed E-state index contributed by atoms with van der Waals surface area (Å²) in [5.74, 6) is 1.36. The molecule has 0 spiro atoms. The first-order valence-corrected chi connectivity index (χ1v) is 11.5. The number of fused-ring (bicyclic) bond motifs is 1. The molecule has 0 amide bonds. The highest BCUT2D eigenvalue weighted by Gasteiger charge is 2.20. The van der Waals surface area contributed by atoms with E-state index in [9.17, 15) is 14.4 Å². The number of rotatable bonds is 9. The summed E-state index contributed by atoms with van der Waals surface area (Å²) in [7, 11) is 1.41. The van der Waals surface area contributed by atoms with E-state index in [1.165, 1.54) is 24.5 Å². The van der Waals surface area contributed by atoms with Gasteiger partial charge in [0.15, 0.2) is 5.52 Å². The second-order valence-corrected chi connectivity index (χ2v) is 8.62. The summed E-state index contributed by atoms with van der Waals surface area (Å²) in [6.07, 6.45) is 6.04. The van der Waals surface area contributed by atoms with E-state index in [0.717, 1.165) is 35.1 Å². The lowest BCUT2D eigenvalue weighted by Gasteiger charge is -2.14. The van der Waals surface area contributed by atoms with Gasteiger partial charge in [-0.15, -0.1) is 0 Å². The van der Waals surface area contributed by atoms with Crippen LogP contribution in [0.25, 0.3) is 11.0 Å². The highest BCUT2D eigenvalue weighted by Crippen LogP contribution is 2.27. The third-order valence-electron chi connectivity index (χ3n) is 6.28. The Morgan fingerprint density at radius 1 is 1.09 bits per heavy atom. The van der Waals surface area contributed by atoms with Crippen LogP contribution in [-0.2, 0) is 13.6 Å². The summed E-state index contributed by atoms with van der Waals surface area (Å²) >= 11 is 0. The predicted molar refractivity (Wildman–Crippen MR) is 125 cm³/mol. The molecule has 4 rings (SSSR count). The monoisotopic (exact) mass is 454 g/mol. The number of hydrogen-bond acceptors (Lipinski definition) is 6. The Kier molecular flexibility index (Phi) is 6.96. The molecular formula is C24H30N4O5. The van der Waals surface area contributed by atoms with Crippen LogP contribution in [0.1, 0.15) is 44.1 Å². The fourth-order valence-corrected chi connectivity index (χ4v) is 4.38. The Bertz CT molecular complexity index is 1300. The Balaban J connectivity index is 1.49. The third-order valence-corrected chi connectivity index (χ3v) is 6.28. The average molecular weight is 455 g/mol. The fourth-order valence-electron chi connectivity index (χ4n) is 4.38. The first kappa shape index (κ1) is 22.8. The van der Waals surface area contributed by atoms with E-state index in [1.807, 2.05) is 31.2 Å². The molecule has 0 radical (unpaired) electrons. The van der Waals surface area contributed by atoms with Crippen LogP contribution >= 0.6 is 0 Å². The van der Waals surface area contributed by atoms with E-state index in [2.05, 4.69) is 9.97 Å². The van der Waals surface area contributed by atoms with Gasteiger partial charge >= 0.3 is 5.69 Å². The second-order valence-electron chi connectivity index (χ2n) is 8.62. The zero-order chi connectivity index (χ0) is 23.4. The normalized spacial score (nSPS) is 14.1. The Morgan fingerprint density at radius 3 is 2.58 bits per heavy atom. The minimum Gasteiger partial charge on any atom is -0.493 e. The van der Waals surface area contributed by atoms with Gasteiger partial charge in [0.1, 0.15) is 11.3 Å². The number of nitrogens with one attached hydrogen (secondary N) is 1. The molecule has 0 saturated heterocycles. The van der Waals surface area contributed by atoms with Crippen molar-refractivity contribution in [2.75, 3.05) is 13.2 Å². The Morgan fingerprint density at radius 2 is 1.82 bits per heavy atom. The van der Waals surface area contributed by atoms with Crippen molar-refractivity contribution in [3.8, 4) is 11.8 Å². The lowest BCUT2D eigenvalue weighted by Crippen LogP contribution is -2.41. The van der Waals surface area contributed by atoms with Crippen molar-refractivity contribution in [2.24, 2.45) is 13.0 Å². The standard InChI is InChI=1S/C24H30N4O5/c1-16-8-3-6-11-18(16)32-14-7-15-33-23-25-19-20(21(29)26-23)28(24(31)27(2)22(19)30)13-12-17-9-4-5-10-17/h3,6,8,11,17H,4-5,7,9-10,12-15H2,1-2H3,(H,25,26,29). The van der Waals surface area contributed by atoms with Gasteiger partial charge in [0.2, 0.25) is 0 Å². The number of aromatic amines is 1. The van der Waals surface area contributed by atoms with Crippen LogP contribution in [-0.4, -0.2) is 32.3 Å². The Labute approximate surface area is 191 Å². The number of hydrogen-bond donors (Lipinski definition) is 1. The summed E-state index contributed by atoms with van der Waals surface area (Å²) in [6.45, 7) is 3.05. The first-order chi connectivity index (χ1) is 16.0. The fraction of sp³-hybridized carbons (Fsp3) is 0.500. The van der Waals surface area contributed by atoms with Gasteiger partial charge in [-0.2, -0.15) is 4.98 Å². The lowest BCUT2D eigenvalue weighted by atomic mass is 10.0.